The number of thioether (sulfide) groups is 1. The van der Waals surface area contributed by atoms with E-state index in [2.05, 4.69) is 6.92 Å². The highest BCUT2D eigenvalue weighted by molar-refractivity contribution is 8.18. The summed E-state index contributed by atoms with van der Waals surface area (Å²) in [7, 11) is 1.61. The second kappa shape index (κ2) is 12.6. The Labute approximate surface area is 178 Å². The van der Waals surface area contributed by atoms with Crippen LogP contribution in [0.4, 0.5) is 4.79 Å². The molecule has 1 fully saturated rings. The van der Waals surface area contributed by atoms with Crippen molar-refractivity contribution < 1.29 is 19.1 Å². The molecule has 0 N–H and O–H groups in total. The molecular formula is C23H33NO4S. The predicted molar refractivity (Wildman–Crippen MR) is 119 cm³/mol. The largest absolute Gasteiger partial charge is 0.493 e. The van der Waals surface area contributed by atoms with Gasteiger partial charge in [0.1, 0.15) is 0 Å². The van der Waals surface area contributed by atoms with Crippen LogP contribution in [-0.4, -0.2) is 36.3 Å². The van der Waals surface area contributed by atoms with Gasteiger partial charge in [-0.15, -0.1) is 0 Å². The van der Waals surface area contributed by atoms with Crippen LogP contribution in [0.5, 0.6) is 11.5 Å². The lowest BCUT2D eigenvalue weighted by atomic mass is 10.1. The van der Waals surface area contributed by atoms with E-state index in [-0.39, 0.29) is 11.1 Å². The normalized spacial score (nSPS) is 15.4. The number of nitrogens with zero attached hydrogens (tertiary/aromatic N) is 1. The maximum absolute atomic E-state index is 12.5. The number of rotatable bonds is 13. The summed E-state index contributed by atoms with van der Waals surface area (Å²) in [6.07, 6.45) is 10.8. The van der Waals surface area contributed by atoms with Gasteiger partial charge in [-0.1, -0.05) is 58.4 Å². The minimum absolute atomic E-state index is 0.194. The zero-order valence-electron chi connectivity index (χ0n) is 17.9. The first-order valence-corrected chi connectivity index (χ1v) is 11.5. The molecule has 1 saturated heterocycles. The lowest BCUT2D eigenvalue weighted by Crippen LogP contribution is -2.29. The summed E-state index contributed by atoms with van der Waals surface area (Å²) in [6, 6.07) is 5.60. The summed E-state index contributed by atoms with van der Waals surface area (Å²) >= 11 is 0.996. The van der Waals surface area contributed by atoms with Crippen LogP contribution in [0, 0.1) is 0 Å². The van der Waals surface area contributed by atoms with Crippen molar-refractivity contribution in [2.75, 3.05) is 20.3 Å². The molecule has 1 aliphatic rings. The fourth-order valence-electron chi connectivity index (χ4n) is 3.12. The molecule has 1 aromatic carbocycles. The number of benzene rings is 1. The van der Waals surface area contributed by atoms with Crippen LogP contribution in [0.2, 0.25) is 0 Å². The maximum atomic E-state index is 12.5. The van der Waals surface area contributed by atoms with Crippen molar-refractivity contribution >= 4 is 29.0 Å². The van der Waals surface area contributed by atoms with Crippen LogP contribution in [0.3, 0.4) is 0 Å². The summed E-state index contributed by atoms with van der Waals surface area (Å²) in [5.41, 5.74) is 0.815. The fourth-order valence-corrected chi connectivity index (χ4v) is 3.98. The van der Waals surface area contributed by atoms with Crippen molar-refractivity contribution in [3.05, 3.63) is 28.7 Å². The van der Waals surface area contributed by atoms with E-state index in [1.807, 2.05) is 25.1 Å². The number of unbranched alkanes of at least 4 members (excludes halogenated alkanes) is 6. The van der Waals surface area contributed by atoms with E-state index in [9.17, 15) is 9.59 Å². The van der Waals surface area contributed by atoms with Gasteiger partial charge in [-0.05, 0) is 48.4 Å². The Morgan fingerprint density at radius 3 is 2.41 bits per heavy atom. The van der Waals surface area contributed by atoms with Gasteiger partial charge in [-0.2, -0.15) is 0 Å². The van der Waals surface area contributed by atoms with E-state index in [4.69, 9.17) is 9.47 Å². The van der Waals surface area contributed by atoms with E-state index >= 15 is 0 Å². The number of methoxy groups -OCH3 is 1. The molecule has 0 radical (unpaired) electrons. The lowest BCUT2D eigenvalue weighted by Gasteiger charge is -2.12. The Morgan fingerprint density at radius 1 is 0.966 bits per heavy atom. The second-order valence-corrected chi connectivity index (χ2v) is 8.21. The highest BCUT2D eigenvalue weighted by Gasteiger charge is 2.34. The number of carbonyl (C=O) groups excluding carboxylic acids is 2. The molecule has 5 nitrogen and oxygen atoms in total. The highest BCUT2D eigenvalue weighted by Crippen LogP contribution is 2.34. The average Bonchev–Trinajstić information content (AvgIpc) is 2.99. The Hall–Kier alpha value is -1.95. The Kier molecular flexibility index (Phi) is 10.1. The predicted octanol–water partition coefficient (Wildman–Crippen LogP) is 6.27. The first-order valence-electron chi connectivity index (χ1n) is 10.7. The third-order valence-electron chi connectivity index (χ3n) is 4.85. The molecule has 0 bridgehead atoms. The number of hydrogen-bond acceptors (Lipinski definition) is 5. The monoisotopic (exact) mass is 419 g/mol. The van der Waals surface area contributed by atoms with Crippen molar-refractivity contribution in [2.24, 2.45) is 0 Å². The third-order valence-corrected chi connectivity index (χ3v) is 5.76. The van der Waals surface area contributed by atoms with Crippen molar-refractivity contribution in [3.8, 4) is 11.5 Å². The van der Waals surface area contributed by atoms with Crippen LogP contribution in [0.1, 0.15) is 70.8 Å². The summed E-state index contributed by atoms with van der Waals surface area (Å²) < 4.78 is 11.3. The maximum Gasteiger partial charge on any atom is 0.293 e. The fraction of sp³-hybridized carbons (Fsp3) is 0.565. The molecule has 0 aromatic heterocycles. The van der Waals surface area contributed by atoms with Crippen LogP contribution >= 0.6 is 11.8 Å². The number of ether oxygens (including phenoxy) is 2. The van der Waals surface area contributed by atoms with Gasteiger partial charge in [-0.25, -0.2) is 0 Å². The quantitative estimate of drug-likeness (QED) is 0.278. The Bertz CT molecular complexity index is 717. The molecule has 160 valence electrons. The first kappa shape index (κ1) is 23.3. The molecule has 1 heterocycles. The molecule has 29 heavy (non-hydrogen) atoms. The number of carbonyl (C=O) groups is 2. The SMILES string of the molecule is CCCCCCCCOc1ccc(C=C2SC(=O)N(CCCC)C2=O)cc1OC. The summed E-state index contributed by atoms with van der Waals surface area (Å²) in [6.45, 7) is 5.40. The minimum Gasteiger partial charge on any atom is -0.493 e. The summed E-state index contributed by atoms with van der Waals surface area (Å²) in [5.74, 6) is 1.13. The van der Waals surface area contributed by atoms with Gasteiger partial charge in [0.05, 0.1) is 18.6 Å². The lowest BCUT2D eigenvalue weighted by molar-refractivity contribution is -0.122. The molecule has 1 aromatic rings. The van der Waals surface area contributed by atoms with Gasteiger partial charge in [0.15, 0.2) is 11.5 Å². The van der Waals surface area contributed by atoms with E-state index < -0.39 is 0 Å². The molecule has 0 atom stereocenters. The Morgan fingerprint density at radius 2 is 1.69 bits per heavy atom. The topological polar surface area (TPSA) is 55.8 Å². The summed E-state index contributed by atoms with van der Waals surface area (Å²) in [4.78, 5) is 26.3. The molecule has 2 amide bonds. The molecule has 0 unspecified atom stereocenters. The molecule has 0 saturated carbocycles. The van der Waals surface area contributed by atoms with Gasteiger partial charge in [0, 0.05) is 6.54 Å². The molecule has 6 heteroatoms. The van der Waals surface area contributed by atoms with Crippen molar-refractivity contribution in [1.82, 2.24) is 4.90 Å². The van der Waals surface area contributed by atoms with E-state index in [0.717, 1.165) is 36.6 Å². The number of amides is 2. The van der Waals surface area contributed by atoms with Crippen LogP contribution in [0.25, 0.3) is 6.08 Å². The minimum atomic E-state index is -0.212. The smallest absolute Gasteiger partial charge is 0.293 e. The summed E-state index contributed by atoms with van der Waals surface area (Å²) in [5, 5.41) is -0.194. The second-order valence-electron chi connectivity index (χ2n) is 7.21. The highest BCUT2D eigenvalue weighted by atomic mass is 32.2. The van der Waals surface area contributed by atoms with Crippen molar-refractivity contribution in [2.45, 2.75) is 65.2 Å². The molecule has 0 spiro atoms. The van der Waals surface area contributed by atoms with Gasteiger partial charge in [0.2, 0.25) is 0 Å². The van der Waals surface area contributed by atoms with Crippen LogP contribution in [-0.2, 0) is 4.79 Å². The number of imide groups is 1. The molecule has 2 rings (SSSR count). The van der Waals surface area contributed by atoms with Gasteiger partial charge in [-0.3, -0.25) is 14.5 Å². The van der Waals surface area contributed by atoms with E-state index in [1.165, 1.54) is 37.0 Å². The van der Waals surface area contributed by atoms with Gasteiger partial charge < -0.3 is 9.47 Å². The average molecular weight is 420 g/mol. The van der Waals surface area contributed by atoms with E-state index in [1.54, 1.807) is 13.2 Å². The third kappa shape index (κ3) is 7.11. The van der Waals surface area contributed by atoms with Gasteiger partial charge >= 0.3 is 0 Å². The molecular weight excluding hydrogens is 386 g/mol. The zero-order valence-corrected chi connectivity index (χ0v) is 18.7. The van der Waals surface area contributed by atoms with Gasteiger partial charge in [0.25, 0.3) is 11.1 Å². The van der Waals surface area contributed by atoms with E-state index in [0.29, 0.717) is 29.6 Å². The molecule has 1 aliphatic heterocycles. The Balaban J connectivity index is 1.95. The number of hydrogen-bond donors (Lipinski definition) is 0. The standard InChI is InChI=1S/C23H33NO4S/c1-4-6-8-9-10-11-15-28-19-13-12-18(16-20(19)27-3)17-21-22(25)24(14-7-5-2)23(26)29-21/h12-13,16-17H,4-11,14-15H2,1-3H3. The van der Waals surface area contributed by atoms with Crippen LogP contribution < -0.4 is 9.47 Å². The van der Waals surface area contributed by atoms with Crippen molar-refractivity contribution in [3.63, 3.8) is 0 Å². The zero-order chi connectivity index (χ0) is 21.1. The van der Waals surface area contributed by atoms with Crippen LogP contribution in [0.15, 0.2) is 23.1 Å². The molecule has 0 aliphatic carbocycles. The van der Waals surface area contributed by atoms with Crippen molar-refractivity contribution in [1.29, 1.82) is 0 Å². The first-order chi connectivity index (χ1) is 14.1.